The molecular formula is C21H14N6S. The van der Waals surface area contributed by atoms with Gasteiger partial charge >= 0.3 is 0 Å². The highest BCUT2D eigenvalue weighted by Gasteiger charge is 2.15. The van der Waals surface area contributed by atoms with Crippen molar-refractivity contribution in [1.82, 2.24) is 30.4 Å². The number of H-pyrrole nitrogens is 3. The molecule has 6 nitrogen and oxygen atoms in total. The third kappa shape index (κ3) is 2.30. The van der Waals surface area contributed by atoms with Crippen LogP contribution in [0.2, 0.25) is 0 Å². The predicted molar refractivity (Wildman–Crippen MR) is 112 cm³/mol. The Morgan fingerprint density at radius 3 is 2.79 bits per heavy atom. The van der Waals surface area contributed by atoms with Crippen LogP contribution in [0.15, 0.2) is 66.4 Å². The van der Waals surface area contributed by atoms with Gasteiger partial charge in [0.1, 0.15) is 0 Å². The molecule has 3 N–H and O–H groups in total. The number of rotatable bonds is 3. The van der Waals surface area contributed by atoms with Crippen LogP contribution >= 0.6 is 11.3 Å². The van der Waals surface area contributed by atoms with Crippen molar-refractivity contribution < 1.29 is 0 Å². The van der Waals surface area contributed by atoms with Gasteiger partial charge in [0.15, 0.2) is 5.65 Å². The Morgan fingerprint density at radius 1 is 0.929 bits per heavy atom. The molecule has 0 unspecified atom stereocenters. The lowest BCUT2D eigenvalue weighted by Crippen LogP contribution is -1.81. The van der Waals surface area contributed by atoms with Crippen LogP contribution in [0.25, 0.3) is 54.9 Å². The van der Waals surface area contributed by atoms with Crippen molar-refractivity contribution in [3.63, 3.8) is 0 Å². The smallest absolute Gasteiger partial charge is 0.181 e. The quantitative estimate of drug-likeness (QED) is 0.392. The Balaban J connectivity index is 1.55. The number of aromatic nitrogens is 6. The van der Waals surface area contributed by atoms with Gasteiger partial charge in [0.2, 0.25) is 0 Å². The summed E-state index contributed by atoms with van der Waals surface area (Å²) in [6.07, 6.45) is 5.47. The molecule has 0 saturated carbocycles. The fourth-order valence-electron chi connectivity index (χ4n) is 3.61. The van der Waals surface area contributed by atoms with E-state index in [2.05, 4.69) is 78.2 Å². The van der Waals surface area contributed by atoms with E-state index in [1.807, 2.05) is 12.4 Å². The maximum absolute atomic E-state index is 4.50. The van der Waals surface area contributed by atoms with E-state index in [4.69, 9.17) is 0 Å². The topological polar surface area (TPSA) is 86.0 Å². The van der Waals surface area contributed by atoms with Gasteiger partial charge in [0.25, 0.3) is 0 Å². The molecule has 6 aromatic rings. The maximum Gasteiger partial charge on any atom is 0.181 e. The minimum absolute atomic E-state index is 0.694. The second-order valence-corrected chi connectivity index (χ2v) is 7.56. The summed E-state index contributed by atoms with van der Waals surface area (Å²) in [5.74, 6) is 0. The van der Waals surface area contributed by atoms with Gasteiger partial charge in [0, 0.05) is 50.3 Å². The molecule has 0 aliphatic carbocycles. The van der Waals surface area contributed by atoms with Gasteiger partial charge in [-0.3, -0.25) is 10.2 Å². The van der Waals surface area contributed by atoms with Crippen molar-refractivity contribution in [1.29, 1.82) is 0 Å². The highest BCUT2D eigenvalue weighted by molar-refractivity contribution is 7.13. The van der Waals surface area contributed by atoms with Crippen LogP contribution in [-0.4, -0.2) is 30.4 Å². The lowest BCUT2D eigenvalue weighted by Gasteiger charge is -1.99. The lowest BCUT2D eigenvalue weighted by molar-refractivity contribution is 1.09. The van der Waals surface area contributed by atoms with Crippen LogP contribution in [-0.2, 0) is 0 Å². The Labute approximate surface area is 163 Å². The first-order valence-electron chi connectivity index (χ1n) is 8.86. The highest BCUT2D eigenvalue weighted by Crippen LogP contribution is 2.36. The number of thiophene rings is 1. The van der Waals surface area contributed by atoms with E-state index in [0.717, 1.165) is 33.4 Å². The third-order valence-electron chi connectivity index (χ3n) is 4.96. The molecule has 6 rings (SSSR count). The van der Waals surface area contributed by atoms with Crippen LogP contribution in [0.4, 0.5) is 0 Å². The summed E-state index contributed by atoms with van der Waals surface area (Å²) < 4.78 is 0. The van der Waals surface area contributed by atoms with Gasteiger partial charge in [-0.25, -0.2) is 4.98 Å². The Morgan fingerprint density at radius 2 is 1.93 bits per heavy atom. The van der Waals surface area contributed by atoms with Crippen LogP contribution in [0.3, 0.4) is 0 Å². The van der Waals surface area contributed by atoms with Crippen LogP contribution < -0.4 is 0 Å². The predicted octanol–water partition coefficient (Wildman–Crippen LogP) is 5.22. The van der Waals surface area contributed by atoms with Gasteiger partial charge in [-0.05, 0) is 29.6 Å². The SMILES string of the molecule is c1csc(-c2cccc3[nH]c(-c4[nH]nc5ncc(-c6cn[nH]c6)cc45)cc23)c1. The molecular weight excluding hydrogens is 368 g/mol. The van der Waals surface area contributed by atoms with Crippen molar-refractivity contribution in [2.75, 3.05) is 0 Å². The maximum atomic E-state index is 4.50. The minimum Gasteiger partial charge on any atom is -0.353 e. The van der Waals surface area contributed by atoms with Gasteiger partial charge in [-0.15, -0.1) is 11.3 Å². The normalized spacial score (nSPS) is 11.6. The molecule has 28 heavy (non-hydrogen) atoms. The fourth-order valence-corrected chi connectivity index (χ4v) is 4.37. The summed E-state index contributed by atoms with van der Waals surface area (Å²) >= 11 is 1.75. The summed E-state index contributed by atoms with van der Waals surface area (Å²) in [4.78, 5) is 9.29. The minimum atomic E-state index is 0.694. The van der Waals surface area contributed by atoms with E-state index in [1.54, 1.807) is 17.5 Å². The number of nitrogens with zero attached hydrogens (tertiary/aromatic N) is 3. The van der Waals surface area contributed by atoms with Gasteiger partial charge in [-0.1, -0.05) is 18.2 Å². The first-order chi connectivity index (χ1) is 13.9. The molecule has 0 aliphatic heterocycles. The van der Waals surface area contributed by atoms with Gasteiger partial charge in [0.05, 0.1) is 17.6 Å². The first-order valence-corrected chi connectivity index (χ1v) is 9.74. The average molecular weight is 382 g/mol. The van der Waals surface area contributed by atoms with Crippen LogP contribution in [0.5, 0.6) is 0 Å². The summed E-state index contributed by atoms with van der Waals surface area (Å²) in [6, 6.07) is 14.9. The second-order valence-electron chi connectivity index (χ2n) is 6.61. The number of fused-ring (bicyclic) bond motifs is 2. The van der Waals surface area contributed by atoms with E-state index < -0.39 is 0 Å². The number of hydrogen-bond acceptors (Lipinski definition) is 4. The zero-order valence-corrected chi connectivity index (χ0v) is 15.4. The van der Waals surface area contributed by atoms with Crippen LogP contribution in [0.1, 0.15) is 0 Å². The zero-order valence-electron chi connectivity index (χ0n) is 14.6. The van der Waals surface area contributed by atoms with E-state index in [0.29, 0.717) is 5.65 Å². The summed E-state index contributed by atoms with van der Waals surface area (Å²) in [7, 11) is 0. The van der Waals surface area contributed by atoms with E-state index >= 15 is 0 Å². The number of aromatic amines is 3. The molecule has 0 fully saturated rings. The van der Waals surface area contributed by atoms with Gasteiger partial charge in [-0.2, -0.15) is 10.2 Å². The van der Waals surface area contributed by atoms with Crippen molar-refractivity contribution in [3.8, 4) is 33.0 Å². The number of benzene rings is 1. The Hall–Kier alpha value is -3.71. The molecule has 5 heterocycles. The van der Waals surface area contributed by atoms with Crippen molar-refractivity contribution in [2.45, 2.75) is 0 Å². The molecule has 0 radical (unpaired) electrons. The zero-order chi connectivity index (χ0) is 18.5. The second kappa shape index (κ2) is 5.90. The number of nitrogens with one attached hydrogen (secondary N) is 3. The van der Waals surface area contributed by atoms with E-state index in [1.165, 1.54) is 15.8 Å². The lowest BCUT2D eigenvalue weighted by atomic mass is 10.1. The van der Waals surface area contributed by atoms with Crippen molar-refractivity contribution >= 4 is 33.3 Å². The third-order valence-corrected chi connectivity index (χ3v) is 5.86. The van der Waals surface area contributed by atoms with E-state index in [-0.39, 0.29) is 0 Å². The average Bonchev–Trinajstić information content (AvgIpc) is 3.53. The molecule has 134 valence electrons. The molecule has 0 amide bonds. The molecule has 0 atom stereocenters. The number of pyridine rings is 1. The molecule has 0 bridgehead atoms. The standard InChI is InChI=1S/C21H14N6S/c1-3-14(19-5-2-6-28-19)15-8-18(25-17(15)4-1)20-16-7-12(13-10-23-24-11-13)9-22-21(16)27-26-20/h1-11,25H,(H,23,24)(H,22,26,27). The molecule has 0 aliphatic rings. The molecule has 5 aromatic heterocycles. The van der Waals surface area contributed by atoms with Gasteiger partial charge < -0.3 is 4.98 Å². The van der Waals surface area contributed by atoms with Crippen molar-refractivity contribution in [2.24, 2.45) is 0 Å². The number of hydrogen-bond donors (Lipinski definition) is 3. The largest absolute Gasteiger partial charge is 0.353 e. The van der Waals surface area contributed by atoms with Crippen molar-refractivity contribution in [3.05, 3.63) is 66.4 Å². The summed E-state index contributed by atoms with van der Waals surface area (Å²) in [6.45, 7) is 0. The fraction of sp³-hybridized carbons (Fsp3) is 0. The molecule has 0 saturated heterocycles. The monoisotopic (exact) mass is 382 g/mol. The first kappa shape index (κ1) is 15.4. The Bertz CT molecular complexity index is 1410. The summed E-state index contributed by atoms with van der Waals surface area (Å²) in [5.41, 5.74) is 6.95. The molecule has 7 heteroatoms. The van der Waals surface area contributed by atoms with E-state index in [9.17, 15) is 0 Å². The molecule has 0 spiro atoms. The Kier molecular flexibility index (Phi) is 3.24. The highest BCUT2D eigenvalue weighted by atomic mass is 32.1. The molecule has 1 aromatic carbocycles. The summed E-state index contributed by atoms with van der Waals surface area (Å²) in [5, 5.41) is 18.7. The van der Waals surface area contributed by atoms with Crippen LogP contribution in [0, 0.1) is 0 Å².